The van der Waals surface area contributed by atoms with Crippen LogP contribution in [0.3, 0.4) is 0 Å². The minimum atomic E-state index is 0.0822. The lowest BCUT2D eigenvalue weighted by atomic mass is 10.1. The molecule has 0 aliphatic heterocycles. The second kappa shape index (κ2) is 7.74. The summed E-state index contributed by atoms with van der Waals surface area (Å²) in [6, 6.07) is 18.2. The zero-order valence-corrected chi connectivity index (χ0v) is 13.6. The molecular formula is C18H19N3OS. The van der Waals surface area contributed by atoms with Crippen LogP contribution >= 0.6 is 11.5 Å². The third kappa shape index (κ3) is 4.29. The summed E-state index contributed by atoms with van der Waals surface area (Å²) in [4.78, 5) is 11.8. The number of fused-ring (bicyclic) bond motifs is 1. The van der Waals surface area contributed by atoms with Gasteiger partial charge in [0.15, 0.2) is 0 Å². The smallest absolute Gasteiger partial charge is 0.220 e. The van der Waals surface area contributed by atoms with Gasteiger partial charge in [0.05, 0.1) is 4.70 Å². The minimum absolute atomic E-state index is 0.0822. The van der Waals surface area contributed by atoms with Gasteiger partial charge in [-0.2, -0.15) is 4.37 Å². The summed E-state index contributed by atoms with van der Waals surface area (Å²) >= 11 is 1.48. The zero-order valence-electron chi connectivity index (χ0n) is 12.8. The number of carbonyl (C=O) groups is 1. The van der Waals surface area contributed by atoms with Crippen LogP contribution in [0.5, 0.6) is 0 Å². The lowest BCUT2D eigenvalue weighted by Crippen LogP contribution is -2.28. The first-order chi connectivity index (χ1) is 11.3. The Morgan fingerprint density at radius 2 is 1.78 bits per heavy atom. The molecule has 1 amide bonds. The monoisotopic (exact) mass is 325 g/mol. The molecule has 1 heterocycles. The van der Waals surface area contributed by atoms with E-state index >= 15 is 0 Å². The van der Waals surface area contributed by atoms with Crippen molar-refractivity contribution in [3.8, 4) is 0 Å². The van der Waals surface area contributed by atoms with Gasteiger partial charge in [0.25, 0.3) is 0 Å². The molecule has 0 atom stereocenters. The first kappa shape index (κ1) is 15.5. The fourth-order valence-electron chi connectivity index (χ4n) is 2.39. The fraction of sp³-hybridized carbons (Fsp3) is 0.222. The van der Waals surface area contributed by atoms with Crippen molar-refractivity contribution in [2.24, 2.45) is 0 Å². The van der Waals surface area contributed by atoms with Gasteiger partial charge in [-0.3, -0.25) is 4.79 Å². The highest BCUT2D eigenvalue weighted by molar-refractivity contribution is 7.13. The van der Waals surface area contributed by atoms with Crippen molar-refractivity contribution < 1.29 is 4.79 Å². The molecule has 2 N–H and O–H groups in total. The van der Waals surface area contributed by atoms with Gasteiger partial charge in [0.2, 0.25) is 5.91 Å². The Labute approximate surface area is 139 Å². The number of rotatable bonds is 7. The predicted octanol–water partition coefficient (Wildman–Crippen LogP) is 3.46. The Morgan fingerprint density at radius 3 is 2.65 bits per heavy atom. The van der Waals surface area contributed by atoms with E-state index in [2.05, 4.69) is 27.1 Å². The molecule has 2 aromatic carbocycles. The summed E-state index contributed by atoms with van der Waals surface area (Å²) in [5.41, 5.74) is 1.19. The second-order valence-electron chi connectivity index (χ2n) is 5.29. The molecule has 3 rings (SSSR count). The predicted molar refractivity (Wildman–Crippen MR) is 95.9 cm³/mol. The SMILES string of the molecule is O=C(CCc1ccccc1)NCCNc1nsc2ccccc12. The maximum atomic E-state index is 11.8. The van der Waals surface area contributed by atoms with Crippen molar-refractivity contribution in [3.63, 3.8) is 0 Å². The van der Waals surface area contributed by atoms with E-state index in [9.17, 15) is 4.79 Å². The average Bonchev–Trinajstić information content (AvgIpc) is 3.01. The molecule has 0 aliphatic carbocycles. The second-order valence-corrected chi connectivity index (χ2v) is 6.09. The Bertz CT molecular complexity index is 770. The summed E-state index contributed by atoms with van der Waals surface area (Å²) in [7, 11) is 0. The number of anilines is 1. The Hall–Kier alpha value is -2.40. The molecular weight excluding hydrogens is 306 g/mol. The largest absolute Gasteiger partial charge is 0.367 e. The molecule has 3 aromatic rings. The molecule has 4 nitrogen and oxygen atoms in total. The summed E-state index contributed by atoms with van der Waals surface area (Å²) in [6.45, 7) is 1.27. The molecule has 5 heteroatoms. The number of amides is 1. The van der Waals surface area contributed by atoms with Crippen LogP contribution in [0.15, 0.2) is 54.6 Å². The number of hydrogen-bond donors (Lipinski definition) is 2. The Kier molecular flexibility index (Phi) is 5.21. The van der Waals surface area contributed by atoms with Gasteiger partial charge in [-0.05, 0) is 35.6 Å². The first-order valence-corrected chi connectivity index (χ1v) is 8.49. The van der Waals surface area contributed by atoms with E-state index in [0.717, 1.165) is 17.6 Å². The first-order valence-electron chi connectivity index (χ1n) is 7.72. The van der Waals surface area contributed by atoms with E-state index in [-0.39, 0.29) is 5.91 Å². The van der Waals surface area contributed by atoms with Crippen LogP contribution in [0.25, 0.3) is 10.1 Å². The summed E-state index contributed by atoms with van der Waals surface area (Å²) in [5.74, 6) is 0.975. The molecule has 0 spiro atoms. The number of benzene rings is 2. The standard InChI is InChI=1S/C18H19N3OS/c22-17(11-10-14-6-2-1-3-7-14)19-12-13-20-18-15-8-4-5-9-16(15)23-21-18/h1-9H,10-13H2,(H,19,22)(H,20,21). The molecule has 0 radical (unpaired) electrons. The summed E-state index contributed by atoms with van der Waals surface area (Å²) in [6.07, 6.45) is 1.29. The number of nitrogens with one attached hydrogen (secondary N) is 2. The third-order valence-electron chi connectivity index (χ3n) is 3.60. The zero-order chi connectivity index (χ0) is 15.9. The van der Waals surface area contributed by atoms with Gasteiger partial charge in [0, 0.05) is 24.9 Å². The van der Waals surface area contributed by atoms with Crippen LogP contribution in [-0.2, 0) is 11.2 Å². The van der Waals surface area contributed by atoms with E-state index in [1.807, 2.05) is 42.5 Å². The van der Waals surface area contributed by atoms with Crippen LogP contribution in [-0.4, -0.2) is 23.4 Å². The Morgan fingerprint density at radius 1 is 1.00 bits per heavy atom. The number of carbonyl (C=O) groups excluding carboxylic acids is 1. The van der Waals surface area contributed by atoms with Gasteiger partial charge in [-0.25, -0.2) is 0 Å². The van der Waals surface area contributed by atoms with Gasteiger partial charge in [0.1, 0.15) is 5.82 Å². The van der Waals surface area contributed by atoms with E-state index < -0.39 is 0 Å². The fourth-order valence-corrected chi connectivity index (χ4v) is 3.14. The summed E-state index contributed by atoms with van der Waals surface area (Å²) in [5, 5.41) is 7.35. The number of aryl methyl sites for hydroxylation is 1. The Balaban J connectivity index is 1.39. The normalized spacial score (nSPS) is 10.6. The van der Waals surface area contributed by atoms with E-state index in [1.165, 1.54) is 21.8 Å². The van der Waals surface area contributed by atoms with Crippen LogP contribution in [0.1, 0.15) is 12.0 Å². The molecule has 23 heavy (non-hydrogen) atoms. The lowest BCUT2D eigenvalue weighted by molar-refractivity contribution is -0.120. The van der Waals surface area contributed by atoms with Crippen LogP contribution < -0.4 is 10.6 Å². The molecule has 118 valence electrons. The molecule has 0 fully saturated rings. The lowest BCUT2D eigenvalue weighted by Gasteiger charge is -2.06. The van der Waals surface area contributed by atoms with Crippen molar-refractivity contribution in [2.75, 3.05) is 18.4 Å². The average molecular weight is 325 g/mol. The van der Waals surface area contributed by atoms with Crippen LogP contribution in [0.4, 0.5) is 5.82 Å². The third-order valence-corrected chi connectivity index (χ3v) is 4.43. The number of aromatic nitrogens is 1. The molecule has 1 aromatic heterocycles. The highest BCUT2D eigenvalue weighted by Gasteiger charge is 2.05. The quantitative estimate of drug-likeness (QED) is 0.654. The van der Waals surface area contributed by atoms with Gasteiger partial charge < -0.3 is 10.6 Å². The molecule has 0 saturated carbocycles. The number of hydrogen-bond acceptors (Lipinski definition) is 4. The van der Waals surface area contributed by atoms with Crippen molar-refractivity contribution >= 4 is 33.3 Å². The number of nitrogens with zero attached hydrogens (tertiary/aromatic N) is 1. The van der Waals surface area contributed by atoms with Crippen molar-refractivity contribution in [3.05, 3.63) is 60.2 Å². The van der Waals surface area contributed by atoms with Gasteiger partial charge in [-0.1, -0.05) is 42.5 Å². The maximum absolute atomic E-state index is 11.8. The maximum Gasteiger partial charge on any atom is 0.220 e. The molecule has 0 aliphatic rings. The van der Waals surface area contributed by atoms with Crippen molar-refractivity contribution in [1.82, 2.24) is 9.69 Å². The molecule has 0 unspecified atom stereocenters. The molecule has 0 saturated heterocycles. The van der Waals surface area contributed by atoms with Gasteiger partial charge >= 0.3 is 0 Å². The topological polar surface area (TPSA) is 54.0 Å². The van der Waals surface area contributed by atoms with Crippen LogP contribution in [0.2, 0.25) is 0 Å². The van der Waals surface area contributed by atoms with Crippen LogP contribution in [0, 0.1) is 0 Å². The van der Waals surface area contributed by atoms with E-state index in [1.54, 1.807) is 0 Å². The van der Waals surface area contributed by atoms with E-state index in [4.69, 9.17) is 0 Å². The van der Waals surface area contributed by atoms with Gasteiger partial charge in [-0.15, -0.1) is 0 Å². The van der Waals surface area contributed by atoms with Crippen molar-refractivity contribution in [1.29, 1.82) is 0 Å². The highest BCUT2D eigenvalue weighted by Crippen LogP contribution is 2.25. The minimum Gasteiger partial charge on any atom is -0.367 e. The highest BCUT2D eigenvalue weighted by atomic mass is 32.1. The van der Waals surface area contributed by atoms with E-state index in [0.29, 0.717) is 19.5 Å². The molecule has 0 bridgehead atoms. The summed E-state index contributed by atoms with van der Waals surface area (Å²) < 4.78 is 5.57. The van der Waals surface area contributed by atoms with Crippen molar-refractivity contribution in [2.45, 2.75) is 12.8 Å².